The van der Waals surface area contributed by atoms with Crippen molar-refractivity contribution < 1.29 is 8.42 Å². The number of nitrogens with one attached hydrogen (secondary N) is 1. The summed E-state index contributed by atoms with van der Waals surface area (Å²) in [6.45, 7) is 3.00. The van der Waals surface area contributed by atoms with E-state index in [1.54, 1.807) is 12.1 Å². The highest BCUT2D eigenvalue weighted by molar-refractivity contribution is 7.91. The second-order valence-electron chi connectivity index (χ2n) is 4.51. The fraction of sp³-hybridized carbons (Fsp3) is 0.286. The smallest absolute Gasteiger partial charge is 0.179 e. The number of rotatable bonds is 6. The van der Waals surface area contributed by atoms with Gasteiger partial charge < -0.3 is 5.32 Å². The fourth-order valence-corrected chi connectivity index (χ4v) is 3.99. The van der Waals surface area contributed by atoms with Crippen molar-refractivity contribution in [3.8, 4) is 0 Å². The summed E-state index contributed by atoms with van der Waals surface area (Å²) in [6.07, 6.45) is 0. The van der Waals surface area contributed by atoms with Crippen LogP contribution < -0.4 is 5.32 Å². The molecule has 0 aliphatic rings. The molecule has 3 nitrogen and oxygen atoms in total. The van der Waals surface area contributed by atoms with Crippen molar-refractivity contribution in [1.82, 2.24) is 5.32 Å². The van der Waals surface area contributed by atoms with Crippen LogP contribution in [0.2, 0.25) is 4.34 Å². The minimum absolute atomic E-state index is 0.0924. The van der Waals surface area contributed by atoms with Gasteiger partial charge in [0.2, 0.25) is 0 Å². The molecule has 1 aromatic carbocycles. The number of thiophene rings is 1. The van der Waals surface area contributed by atoms with Crippen LogP contribution in [0.5, 0.6) is 0 Å². The normalized spacial score (nSPS) is 11.7. The molecule has 1 aromatic heterocycles. The highest BCUT2D eigenvalue weighted by atomic mass is 35.5. The minimum Gasteiger partial charge on any atom is -0.311 e. The van der Waals surface area contributed by atoms with Crippen molar-refractivity contribution in [3.05, 3.63) is 51.2 Å². The van der Waals surface area contributed by atoms with Gasteiger partial charge in [-0.05, 0) is 31.2 Å². The average molecular weight is 330 g/mol. The van der Waals surface area contributed by atoms with Crippen LogP contribution >= 0.6 is 22.9 Å². The van der Waals surface area contributed by atoms with E-state index in [4.69, 9.17) is 11.6 Å². The van der Waals surface area contributed by atoms with E-state index in [1.165, 1.54) is 11.3 Å². The number of halogens is 1. The first kappa shape index (κ1) is 15.5. The van der Waals surface area contributed by atoms with E-state index in [2.05, 4.69) is 5.32 Å². The Bertz CT molecular complexity index is 663. The second kappa shape index (κ2) is 6.72. The third-order valence-corrected chi connectivity index (χ3v) is 5.82. The first-order valence-electron chi connectivity index (χ1n) is 6.22. The van der Waals surface area contributed by atoms with Gasteiger partial charge in [0.15, 0.2) is 9.84 Å². The summed E-state index contributed by atoms with van der Waals surface area (Å²) in [5.74, 6) is 0.0924. The molecule has 0 unspecified atom stereocenters. The summed E-state index contributed by atoms with van der Waals surface area (Å²) in [5.41, 5.74) is 1.05. The quantitative estimate of drug-likeness (QED) is 0.827. The lowest BCUT2D eigenvalue weighted by Gasteiger charge is -2.06. The molecule has 0 aliphatic heterocycles. The zero-order chi connectivity index (χ0) is 14.6. The van der Waals surface area contributed by atoms with E-state index in [0.717, 1.165) is 14.8 Å². The number of sulfone groups is 1. The van der Waals surface area contributed by atoms with Gasteiger partial charge in [-0.15, -0.1) is 11.3 Å². The zero-order valence-corrected chi connectivity index (χ0v) is 13.5. The molecule has 20 heavy (non-hydrogen) atoms. The number of aryl methyl sites for hydroxylation is 1. The maximum absolute atomic E-state index is 12.1. The Kier molecular flexibility index (Phi) is 5.21. The van der Waals surface area contributed by atoms with Gasteiger partial charge in [-0.3, -0.25) is 0 Å². The highest BCUT2D eigenvalue weighted by Gasteiger charge is 2.13. The summed E-state index contributed by atoms with van der Waals surface area (Å²) < 4.78 is 24.9. The van der Waals surface area contributed by atoms with Crippen LogP contribution in [-0.4, -0.2) is 20.7 Å². The van der Waals surface area contributed by atoms with Gasteiger partial charge >= 0.3 is 0 Å². The maximum Gasteiger partial charge on any atom is 0.179 e. The molecule has 2 aromatic rings. The van der Waals surface area contributed by atoms with Gasteiger partial charge in [0, 0.05) is 18.0 Å². The largest absolute Gasteiger partial charge is 0.311 e. The number of benzene rings is 1. The summed E-state index contributed by atoms with van der Waals surface area (Å²) >= 11 is 7.33. The molecule has 0 aliphatic carbocycles. The van der Waals surface area contributed by atoms with Gasteiger partial charge in [0.05, 0.1) is 15.0 Å². The lowest BCUT2D eigenvalue weighted by molar-refractivity contribution is 0.591. The first-order valence-corrected chi connectivity index (χ1v) is 9.06. The van der Waals surface area contributed by atoms with E-state index in [-0.39, 0.29) is 5.75 Å². The Balaban J connectivity index is 1.85. The van der Waals surface area contributed by atoms with Gasteiger partial charge in [-0.2, -0.15) is 0 Å². The molecular weight excluding hydrogens is 314 g/mol. The van der Waals surface area contributed by atoms with E-state index >= 15 is 0 Å². The Labute approximate surface area is 128 Å². The van der Waals surface area contributed by atoms with Gasteiger partial charge in [0.25, 0.3) is 0 Å². The molecule has 1 N–H and O–H groups in total. The van der Waals surface area contributed by atoms with E-state index < -0.39 is 9.84 Å². The van der Waals surface area contributed by atoms with E-state index in [0.29, 0.717) is 18.0 Å². The molecule has 0 amide bonds. The number of hydrogen-bond acceptors (Lipinski definition) is 4. The van der Waals surface area contributed by atoms with Crippen molar-refractivity contribution in [1.29, 1.82) is 0 Å². The summed E-state index contributed by atoms with van der Waals surface area (Å²) in [7, 11) is -3.21. The lowest BCUT2D eigenvalue weighted by atomic mass is 10.2. The summed E-state index contributed by atoms with van der Waals surface area (Å²) in [6, 6.07) is 10.7. The van der Waals surface area contributed by atoms with Crippen LogP contribution in [0.4, 0.5) is 0 Å². The molecule has 0 bridgehead atoms. The van der Waals surface area contributed by atoms with Crippen LogP contribution in [-0.2, 0) is 16.4 Å². The molecule has 0 atom stereocenters. The monoisotopic (exact) mass is 329 g/mol. The van der Waals surface area contributed by atoms with Crippen LogP contribution in [0.3, 0.4) is 0 Å². The van der Waals surface area contributed by atoms with Crippen molar-refractivity contribution in [2.45, 2.75) is 18.4 Å². The van der Waals surface area contributed by atoms with E-state index in [9.17, 15) is 8.42 Å². The molecule has 6 heteroatoms. The second-order valence-corrected chi connectivity index (χ2v) is 8.42. The standard InChI is InChI=1S/C14H16ClNO2S2/c1-11-2-5-13(6-3-11)20(17,18)9-8-16-10-12-4-7-14(15)19-12/h2-7,16H,8-10H2,1H3. The SMILES string of the molecule is Cc1ccc(S(=O)(=O)CCNCc2ccc(Cl)s2)cc1. The third kappa shape index (κ3) is 4.31. The fourth-order valence-electron chi connectivity index (χ4n) is 1.73. The Morgan fingerprint density at radius 3 is 2.45 bits per heavy atom. The molecule has 0 radical (unpaired) electrons. The van der Waals surface area contributed by atoms with Gasteiger partial charge in [-0.1, -0.05) is 29.3 Å². The molecule has 0 saturated heterocycles. The van der Waals surface area contributed by atoms with Crippen molar-refractivity contribution in [2.75, 3.05) is 12.3 Å². The molecule has 0 spiro atoms. The molecule has 108 valence electrons. The van der Waals surface area contributed by atoms with Crippen molar-refractivity contribution in [3.63, 3.8) is 0 Å². The van der Waals surface area contributed by atoms with Crippen LogP contribution in [0, 0.1) is 6.92 Å². The van der Waals surface area contributed by atoms with Crippen molar-refractivity contribution >= 4 is 32.8 Å². The molecule has 0 saturated carbocycles. The number of hydrogen-bond donors (Lipinski definition) is 1. The lowest BCUT2D eigenvalue weighted by Crippen LogP contribution is -2.22. The summed E-state index contributed by atoms with van der Waals surface area (Å²) in [4.78, 5) is 1.48. The van der Waals surface area contributed by atoms with Gasteiger partial charge in [0.1, 0.15) is 0 Å². The predicted molar refractivity (Wildman–Crippen MR) is 84.3 cm³/mol. The Hall–Kier alpha value is -0.880. The van der Waals surface area contributed by atoms with Crippen molar-refractivity contribution in [2.24, 2.45) is 0 Å². The third-order valence-electron chi connectivity index (χ3n) is 2.86. The Morgan fingerprint density at radius 2 is 1.85 bits per heavy atom. The van der Waals surface area contributed by atoms with Gasteiger partial charge in [-0.25, -0.2) is 8.42 Å². The molecule has 1 heterocycles. The zero-order valence-electron chi connectivity index (χ0n) is 11.1. The average Bonchev–Trinajstić information content (AvgIpc) is 2.81. The molecule has 0 fully saturated rings. The Morgan fingerprint density at radius 1 is 1.15 bits per heavy atom. The van der Waals surface area contributed by atoms with E-state index in [1.807, 2.05) is 31.2 Å². The highest BCUT2D eigenvalue weighted by Crippen LogP contribution is 2.21. The first-order chi connectivity index (χ1) is 9.47. The summed E-state index contributed by atoms with van der Waals surface area (Å²) in [5, 5.41) is 3.12. The molecule has 2 rings (SSSR count). The van der Waals surface area contributed by atoms with Crippen LogP contribution in [0.15, 0.2) is 41.3 Å². The topological polar surface area (TPSA) is 46.2 Å². The van der Waals surface area contributed by atoms with Crippen LogP contribution in [0.1, 0.15) is 10.4 Å². The van der Waals surface area contributed by atoms with Crippen LogP contribution in [0.25, 0.3) is 0 Å². The molecular formula is C14H16ClNO2S2. The minimum atomic E-state index is -3.21. The predicted octanol–water partition coefficient (Wildman–Crippen LogP) is 3.27. The maximum atomic E-state index is 12.1.